The van der Waals surface area contributed by atoms with Crippen molar-refractivity contribution in [2.45, 2.75) is 25.7 Å². The first-order valence-corrected chi connectivity index (χ1v) is 14.2. The number of anilines is 2. The number of hydrogen-bond donors (Lipinski definition) is 1. The van der Waals surface area contributed by atoms with E-state index < -0.39 is 51.7 Å². The summed E-state index contributed by atoms with van der Waals surface area (Å²) in [5.74, 6) is -5.07. The molecule has 2 aliphatic carbocycles. The molecular weight excluding hydrogens is 550 g/mol. The largest absolute Gasteiger partial charge is 0.508 e. The second kappa shape index (κ2) is 9.45. The number of nitro benzene ring substituents is 1. The SMILES string of the molecule is CC12C(=O)N(c3ccccc3)C(=O)C1CC1C(=CCC3C(=O)N(c4cccc([N+](=O)[O-])c4)C(=O)C31)C2c1cccc(O)c1. The van der Waals surface area contributed by atoms with Gasteiger partial charge in [-0.15, -0.1) is 0 Å². The van der Waals surface area contributed by atoms with Crippen LogP contribution < -0.4 is 9.80 Å². The maximum absolute atomic E-state index is 14.3. The van der Waals surface area contributed by atoms with Gasteiger partial charge in [-0.05, 0) is 61.6 Å². The van der Waals surface area contributed by atoms with E-state index in [4.69, 9.17) is 0 Å². The van der Waals surface area contributed by atoms with Gasteiger partial charge in [0.2, 0.25) is 23.6 Å². The van der Waals surface area contributed by atoms with Crippen molar-refractivity contribution in [2.24, 2.45) is 29.1 Å². The molecule has 3 fully saturated rings. The van der Waals surface area contributed by atoms with Crippen LogP contribution in [0.4, 0.5) is 17.1 Å². The molecular formula is C33H27N3O7. The first kappa shape index (κ1) is 26.8. The number of amides is 4. The molecule has 0 bridgehead atoms. The monoisotopic (exact) mass is 577 g/mol. The van der Waals surface area contributed by atoms with Gasteiger partial charge in [0.1, 0.15) is 5.75 Å². The molecule has 4 amide bonds. The van der Waals surface area contributed by atoms with E-state index in [0.29, 0.717) is 11.3 Å². The van der Waals surface area contributed by atoms with Gasteiger partial charge in [-0.1, -0.05) is 48.0 Å². The summed E-state index contributed by atoms with van der Waals surface area (Å²) in [5.41, 5.74) is 0.588. The molecule has 7 rings (SSSR count). The molecule has 2 saturated heterocycles. The Morgan fingerprint density at radius 3 is 2.28 bits per heavy atom. The summed E-state index contributed by atoms with van der Waals surface area (Å²) in [6.07, 6.45) is 2.36. The predicted molar refractivity (Wildman–Crippen MR) is 155 cm³/mol. The van der Waals surface area contributed by atoms with E-state index in [1.807, 2.05) is 12.1 Å². The first-order chi connectivity index (χ1) is 20.6. The second-order valence-electron chi connectivity index (χ2n) is 11.9. The number of carbonyl (C=O) groups is 4. The van der Waals surface area contributed by atoms with Crippen molar-refractivity contribution in [2.75, 3.05) is 9.80 Å². The Labute approximate surface area is 246 Å². The molecule has 6 unspecified atom stereocenters. The lowest BCUT2D eigenvalue weighted by atomic mass is 9.51. The predicted octanol–water partition coefficient (Wildman–Crippen LogP) is 4.74. The minimum atomic E-state index is -1.21. The fraction of sp³-hybridized carbons (Fsp3) is 0.273. The van der Waals surface area contributed by atoms with Crippen molar-refractivity contribution >= 4 is 40.7 Å². The fourth-order valence-electron chi connectivity index (χ4n) is 7.92. The number of non-ortho nitro benzene ring substituents is 1. The van der Waals surface area contributed by atoms with Gasteiger partial charge in [0.25, 0.3) is 5.69 Å². The number of fused-ring (bicyclic) bond motifs is 4. The van der Waals surface area contributed by atoms with E-state index in [1.165, 1.54) is 35.2 Å². The Morgan fingerprint density at radius 2 is 1.56 bits per heavy atom. The quantitative estimate of drug-likeness (QED) is 0.205. The molecule has 3 aromatic rings. The van der Waals surface area contributed by atoms with E-state index in [2.05, 4.69) is 0 Å². The molecule has 6 atom stereocenters. The number of phenolic OH excluding ortho intramolecular Hbond substituents is 1. The van der Waals surface area contributed by atoms with Crippen molar-refractivity contribution in [1.29, 1.82) is 0 Å². The van der Waals surface area contributed by atoms with E-state index in [-0.39, 0.29) is 41.8 Å². The van der Waals surface area contributed by atoms with E-state index >= 15 is 0 Å². The lowest BCUT2D eigenvalue weighted by Crippen LogP contribution is -2.48. The molecule has 0 spiro atoms. The van der Waals surface area contributed by atoms with E-state index in [1.54, 1.807) is 49.4 Å². The van der Waals surface area contributed by atoms with Crippen molar-refractivity contribution in [3.05, 3.63) is 106 Å². The molecule has 1 saturated carbocycles. The number of nitrogens with zero attached hydrogens (tertiary/aromatic N) is 3. The van der Waals surface area contributed by atoms with Crippen LogP contribution in [0.25, 0.3) is 0 Å². The molecule has 3 aromatic carbocycles. The third-order valence-electron chi connectivity index (χ3n) is 9.79. The van der Waals surface area contributed by atoms with Crippen LogP contribution in [-0.4, -0.2) is 33.7 Å². The summed E-state index contributed by atoms with van der Waals surface area (Å²) >= 11 is 0. The maximum atomic E-state index is 14.3. The van der Waals surface area contributed by atoms with E-state index in [0.717, 1.165) is 10.5 Å². The molecule has 10 nitrogen and oxygen atoms in total. The highest BCUT2D eigenvalue weighted by Gasteiger charge is 2.67. The molecule has 1 N–H and O–H groups in total. The fourth-order valence-corrected chi connectivity index (χ4v) is 7.92. The zero-order valence-corrected chi connectivity index (χ0v) is 23.1. The summed E-state index contributed by atoms with van der Waals surface area (Å²) in [6, 6.07) is 20.8. The first-order valence-electron chi connectivity index (χ1n) is 14.2. The smallest absolute Gasteiger partial charge is 0.271 e. The van der Waals surface area contributed by atoms with Crippen LogP contribution in [0.5, 0.6) is 5.75 Å². The summed E-state index contributed by atoms with van der Waals surface area (Å²) in [6.45, 7) is 1.79. The zero-order valence-electron chi connectivity index (χ0n) is 23.1. The zero-order chi connectivity index (χ0) is 30.2. The number of phenols is 1. The van der Waals surface area contributed by atoms with E-state index in [9.17, 15) is 34.4 Å². The second-order valence-corrected chi connectivity index (χ2v) is 11.9. The van der Waals surface area contributed by atoms with Gasteiger partial charge in [-0.3, -0.25) is 29.3 Å². The average molecular weight is 578 g/mol. The minimum Gasteiger partial charge on any atom is -0.508 e. The van der Waals surface area contributed by atoms with Gasteiger partial charge in [0, 0.05) is 18.1 Å². The standard InChI is InChI=1S/C33H27N3O7/c1-33-26(30(39)35(32(33)41)19-8-3-2-4-9-19)17-25-23(28(33)18-7-5-12-22(37)15-18)13-14-24-27(25)31(40)34(29(24)38)20-10-6-11-21(16-20)36(42)43/h2-13,15-16,24-28,37H,14,17H2,1H3. The highest BCUT2D eigenvalue weighted by Crippen LogP contribution is 2.63. The van der Waals surface area contributed by atoms with Gasteiger partial charge in [-0.2, -0.15) is 0 Å². The van der Waals surface area contributed by atoms with Crippen LogP contribution >= 0.6 is 0 Å². The van der Waals surface area contributed by atoms with Gasteiger partial charge in [0.05, 0.1) is 39.5 Å². The Bertz CT molecular complexity index is 1770. The number of carbonyl (C=O) groups excluding carboxylic acids is 4. The van der Waals surface area contributed by atoms with Crippen molar-refractivity contribution in [3.8, 4) is 5.75 Å². The lowest BCUT2D eigenvalue weighted by Gasteiger charge is -2.49. The van der Waals surface area contributed by atoms with Crippen molar-refractivity contribution < 1.29 is 29.2 Å². The van der Waals surface area contributed by atoms with Gasteiger partial charge < -0.3 is 5.11 Å². The summed E-state index contributed by atoms with van der Waals surface area (Å²) < 4.78 is 0. The topological polar surface area (TPSA) is 138 Å². The van der Waals surface area contributed by atoms with Crippen molar-refractivity contribution in [3.63, 3.8) is 0 Å². The van der Waals surface area contributed by atoms with Crippen LogP contribution in [0, 0.1) is 39.2 Å². The lowest BCUT2D eigenvalue weighted by molar-refractivity contribution is -0.384. The number of rotatable bonds is 4. The number of hydrogen-bond acceptors (Lipinski definition) is 7. The van der Waals surface area contributed by atoms with Crippen LogP contribution in [-0.2, 0) is 19.2 Å². The van der Waals surface area contributed by atoms with Crippen LogP contribution in [0.3, 0.4) is 0 Å². The number of nitro groups is 1. The third-order valence-corrected chi connectivity index (χ3v) is 9.79. The average Bonchev–Trinajstić information content (AvgIpc) is 3.37. The summed E-state index contributed by atoms with van der Waals surface area (Å²) in [5, 5.41) is 21.8. The van der Waals surface area contributed by atoms with Crippen LogP contribution in [0.15, 0.2) is 90.5 Å². The maximum Gasteiger partial charge on any atom is 0.271 e. The molecule has 43 heavy (non-hydrogen) atoms. The van der Waals surface area contributed by atoms with Gasteiger partial charge in [-0.25, -0.2) is 9.80 Å². The molecule has 2 aliphatic heterocycles. The van der Waals surface area contributed by atoms with Crippen LogP contribution in [0.1, 0.15) is 31.2 Å². The van der Waals surface area contributed by atoms with Crippen molar-refractivity contribution in [1.82, 2.24) is 0 Å². The van der Waals surface area contributed by atoms with Gasteiger partial charge >= 0.3 is 0 Å². The molecule has 10 heteroatoms. The third kappa shape index (κ3) is 3.72. The Hall–Kier alpha value is -5.12. The summed E-state index contributed by atoms with van der Waals surface area (Å²) in [7, 11) is 0. The number of aromatic hydroxyl groups is 1. The summed E-state index contributed by atoms with van der Waals surface area (Å²) in [4.78, 5) is 69.3. The molecule has 216 valence electrons. The Kier molecular flexibility index (Phi) is 5.88. The Morgan fingerprint density at radius 1 is 0.837 bits per heavy atom. The van der Waals surface area contributed by atoms with Crippen LogP contribution in [0.2, 0.25) is 0 Å². The molecule has 0 radical (unpaired) electrons. The number of para-hydroxylation sites is 1. The number of imide groups is 2. The highest BCUT2D eigenvalue weighted by molar-refractivity contribution is 6.25. The number of benzene rings is 3. The molecule has 2 heterocycles. The molecule has 4 aliphatic rings. The molecule has 0 aromatic heterocycles. The Balaban J connectivity index is 1.35. The normalized spacial score (nSPS) is 29.7. The highest BCUT2D eigenvalue weighted by atomic mass is 16.6. The minimum absolute atomic E-state index is 0.00900. The number of allylic oxidation sites excluding steroid dienone is 2. The van der Waals surface area contributed by atoms with Gasteiger partial charge in [0.15, 0.2) is 0 Å².